The van der Waals surface area contributed by atoms with Crippen LogP contribution in [-0.4, -0.2) is 26.8 Å². The van der Waals surface area contributed by atoms with E-state index in [-0.39, 0.29) is 29.2 Å². The zero-order valence-corrected chi connectivity index (χ0v) is 23.2. The summed E-state index contributed by atoms with van der Waals surface area (Å²) in [4.78, 5) is 25.6. The van der Waals surface area contributed by atoms with Crippen LogP contribution in [0, 0.1) is 17.0 Å². The van der Waals surface area contributed by atoms with Crippen LogP contribution in [-0.2, 0) is 0 Å². The Morgan fingerprint density at radius 2 is 1.82 bits per heavy atom. The Bertz CT molecular complexity index is 1580. The van der Waals surface area contributed by atoms with Crippen molar-refractivity contribution in [2.75, 3.05) is 10.6 Å². The Balaban J connectivity index is 1.45. The molecule has 0 saturated carbocycles. The van der Waals surface area contributed by atoms with Gasteiger partial charge in [0.2, 0.25) is 0 Å². The highest BCUT2D eigenvalue weighted by atomic mass is 79.9. The van der Waals surface area contributed by atoms with Crippen LogP contribution >= 0.6 is 27.7 Å². The molecule has 5 rings (SSSR count). The molecule has 0 radical (unpaired) electrons. The van der Waals surface area contributed by atoms with Gasteiger partial charge in [0.1, 0.15) is 11.4 Å². The van der Waals surface area contributed by atoms with Crippen LogP contribution in [0.5, 0.6) is 0 Å². The van der Waals surface area contributed by atoms with Crippen molar-refractivity contribution >= 4 is 50.8 Å². The highest BCUT2D eigenvalue weighted by Gasteiger charge is 2.47. The molecule has 1 amide bonds. The van der Waals surface area contributed by atoms with E-state index in [0.29, 0.717) is 10.5 Å². The van der Waals surface area contributed by atoms with E-state index in [2.05, 4.69) is 31.7 Å². The normalized spacial score (nSPS) is 16.6. The average molecular weight is 632 g/mol. The van der Waals surface area contributed by atoms with E-state index in [1.54, 1.807) is 18.2 Å². The van der Waals surface area contributed by atoms with Crippen LogP contribution in [0.15, 0.2) is 87.2 Å². The van der Waals surface area contributed by atoms with E-state index in [9.17, 15) is 28.1 Å². The number of nitrogens with zero attached hydrogens (tertiary/aromatic N) is 3. The summed E-state index contributed by atoms with van der Waals surface area (Å²) in [5.41, 5.74) is 1.37. The van der Waals surface area contributed by atoms with Crippen molar-refractivity contribution in [2.45, 2.75) is 41.4 Å². The first-order valence-electron chi connectivity index (χ1n) is 12.0. The summed E-state index contributed by atoms with van der Waals surface area (Å²) in [6, 6.07) is 15.9. The topological polar surface area (TPSA) is 102 Å². The van der Waals surface area contributed by atoms with Crippen molar-refractivity contribution in [1.82, 2.24) is 9.78 Å². The van der Waals surface area contributed by atoms with Gasteiger partial charge in [-0.3, -0.25) is 14.9 Å². The number of carbonyl (C=O) groups excluding carboxylic acids is 1. The number of carbonyl (C=O) groups is 1. The minimum Gasteiger partial charge on any atom is -0.363 e. The lowest BCUT2D eigenvalue weighted by Crippen LogP contribution is -2.36. The number of hydrogen-bond acceptors (Lipinski definition) is 6. The van der Waals surface area contributed by atoms with Crippen LogP contribution in [0.2, 0.25) is 0 Å². The van der Waals surface area contributed by atoms with Gasteiger partial charge in [-0.15, -0.1) is 0 Å². The van der Waals surface area contributed by atoms with Gasteiger partial charge >= 0.3 is 6.18 Å². The van der Waals surface area contributed by atoms with Crippen molar-refractivity contribution in [3.8, 4) is 0 Å². The molecule has 2 N–H and O–H groups in total. The van der Waals surface area contributed by atoms with Gasteiger partial charge in [0, 0.05) is 38.5 Å². The maximum Gasteiger partial charge on any atom is 0.410 e. The number of amides is 1. The summed E-state index contributed by atoms with van der Waals surface area (Å²) >= 11 is 4.62. The zero-order valence-electron chi connectivity index (χ0n) is 20.8. The highest BCUT2D eigenvalue weighted by Crippen LogP contribution is 2.44. The molecule has 2 heterocycles. The fourth-order valence-corrected chi connectivity index (χ4v) is 5.58. The zero-order chi connectivity index (χ0) is 28.6. The number of non-ortho nitro benzene ring substituents is 1. The second kappa shape index (κ2) is 11.0. The summed E-state index contributed by atoms with van der Waals surface area (Å²) < 4.78 is 43.8. The second-order valence-corrected chi connectivity index (χ2v) is 11.3. The van der Waals surface area contributed by atoms with Gasteiger partial charge in [-0.25, -0.2) is 4.68 Å². The average Bonchev–Trinajstić information content (AvgIpc) is 3.33. The molecule has 0 unspecified atom stereocenters. The predicted molar refractivity (Wildman–Crippen MR) is 149 cm³/mol. The van der Waals surface area contributed by atoms with Gasteiger partial charge < -0.3 is 10.6 Å². The number of rotatable bonds is 6. The maximum atomic E-state index is 14.0. The monoisotopic (exact) mass is 631 g/mol. The third-order valence-electron chi connectivity index (χ3n) is 6.37. The van der Waals surface area contributed by atoms with Crippen LogP contribution in [0.25, 0.3) is 0 Å². The number of alkyl halides is 3. The Kier molecular flexibility index (Phi) is 7.60. The highest BCUT2D eigenvalue weighted by molar-refractivity contribution is 9.10. The van der Waals surface area contributed by atoms with Gasteiger partial charge in [-0.2, -0.15) is 18.3 Å². The van der Waals surface area contributed by atoms with Crippen molar-refractivity contribution < 1.29 is 22.9 Å². The molecule has 206 valence electrons. The molecule has 1 aliphatic rings. The standard InChI is InChI=1S/C27H21BrF3N5O3S/c1-15-2-4-16(5-3-15)23-13-24(27(29,30)31)35-25(34-23)22(14-32-35)26(37)33-18-10-19(36(38)39)12-21(11-18)40-20-8-6-17(28)7-9-20/h2-12,14,23-24,34H,13H2,1H3,(H,33,37)/t23-,24+/m1/s1. The third kappa shape index (κ3) is 5.99. The molecular weight excluding hydrogens is 611 g/mol. The van der Waals surface area contributed by atoms with E-state index >= 15 is 0 Å². The number of fused-ring (bicyclic) bond motifs is 1. The Hall–Kier alpha value is -3.84. The van der Waals surface area contributed by atoms with E-state index in [1.807, 2.05) is 43.3 Å². The molecule has 0 bridgehead atoms. The molecule has 1 aliphatic heterocycles. The minimum absolute atomic E-state index is 0.0773. The number of anilines is 2. The quantitative estimate of drug-likeness (QED) is 0.165. The first-order valence-corrected chi connectivity index (χ1v) is 13.6. The lowest BCUT2D eigenvalue weighted by Gasteiger charge is -2.34. The lowest BCUT2D eigenvalue weighted by molar-refractivity contribution is -0.385. The SMILES string of the molecule is Cc1ccc([C@H]2C[C@@H](C(F)(F)F)n3ncc(C(=O)Nc4cc(Sc5ccc(Br)cc5)cc([N+](=O)[O-])c4)c3N2)cc1. The summed E-state index contributed by atoms with van der Waals surface area (Å²) in [5.74, 6) is -0.828. The lowest BCUT2D eigenvalue weighted by atomic mass is 9.96. The number of halogens is 4. The Morgan fingerprint density at radius 3 is 2.48 bits per heavy atom. The third-order valence-corrected chi connectivity index (χ3v) is 7.88. The number of hydrogen-bond donors (Lipinski definition) is 2. The molecule has 0 aliphatic carbocycles. The van der Waals surface area contributed by atoms with Crippen molar-refractivity contribution in [3.63, 3.8) is 0 Å². The van der Waals surface area contributed by atoms with Gasteiger partial charge in [-0.1, -0.05) is 57.5 Å². The Labute approximate surface area is 239 Å². The van der Waals surface area contributed by atoms with E-state index in [4.69, 9.17) is 0 Å². The van der Waals surface area contributed by atoms with E-state index in [1.165, 1.54) is 23.9 Å². The summed E-state index contributed by atoms with van der Waals surface area (Å²) in [6.45, 7) is 1.88. The summed E-state index contributed by atoms with van der Waals surface area (Å²) in [7, 11) is 0. The molecule has 0 spiro atoms. The molecule has 13 heteroatoms. The molecule has 0 fully saturated rings. The maximum absolute atomic E-state index is 14.0. The molecule has 3 aromatic carbocycles. The minimum atomic E-state index is -4.60. The number of aryl methyl sites for hydroxylation is 1. The van der Waals surface area contributed by atoms with Crippen LogP contribution in [0.4, 0.5) is 30.4 Å². The van der Waals surface area contributed by atoms with Gasteiger partial charge in [0.15, 0.2) is 6.04 Å². The summed E-state index contributed by atoms with van der Waals surface area (Å²) in [5, 5.41) is 21.1. The summed E-state index contributed by atoms with van der Waals surface area (Å²) in [6.07, 6.45) is -3.83. The number of aromatic nitrogens is 2. The first kappa shape index (κ1) is 27.7. The number of nitro benzene ring substituents is 1. The van der Waals surface area contributed by atoms with Crippen molar-refractivity contribution in [2.24, 2.45) is 0 Å². The van der Waals surface area contributed by atoms with Crippen molar-refractivity contribution in [1.29, 1.82) is 0 Å². The van der Waals surface area contributed by atoms with E-state index in [0.717, 1.165) is 25.8 Å². The molecule has 40 heavy (non-hydrogen) atoms. The number of nitro groups is 1. The molecular formula is C27H21BrF3N5O3S. The van der Waals surface area contributed by atoms with Gasteiger partial charge in [0.05, 0.1) is 17.2 Å². The molecule has 8 nitrogen and oxygen atoms in total. The predicted octanol–water partition coefficient (Wildman–Crippen LogP) is 7.93. The number of nitrogens with one attached hydrogen (secondary N) is 2. The molecule has 0 saturated heterocycles. The fourth-order valence-electron chi connectivity index (χ4n) is 4.40. The fraction of sp³-hybridized carbons (Fsp3) is 0.185. The first-order chi connectivity index (χ1) is 19.0. The van der Waals surface area contributed by atoms with Crippen LogP contribution in [0.3, 0.4) is 0 Å². The molecule has 1 aromatic heterocycles. The molecule has 4 aromatic rings. The smallest absolute Gasteiger partial charge is 0.363 e. The number of benzene rings is 3. The second-order valence-electron chi connectivity index (χ2n) is 9.23. The van der Waals surface area contributed by atoms with E-state index < -0.39 is 29.1 Å². The largest absolute Gasteiger partial charge is 0.410 e. The van der Waals surface area contributed by atoms with Gasteiger partial charge in [0.25, 0.3) is 11.6 Å². The van der Waals surface area contributed by atoms with Crippen LogP contribution in [0.1, 0.15) is 40.0 Å². The van der Waals surface area contributed by atoms with Crippen LogP contribution < -0.4 is 10.6 Å². The van der Waals surface area contributed by atoms with Crippen molar-refractivity contribution in [3.05, 3.63) is 104 Å². The Morgan fingerprint density at radius 1 is 1.12 bits per heavy atom. The van der Waals surface area contributed by atoms with Gasteiger partial charge in [-0.05, 0) is 42.8 Å². The molecule has 2 atom stereocenters.